The molecule has 0 radical (unpaired) electrons. The quantitative estimate of drug-likeness (QED) is 0.463. The van der Waals surface area contributed by atoms with Crippen LogP contribution in [0.2, 0.25) is 0 Å². The normalized spacial score (nSPS) is 8.58. The molecule has 0 N–H and O–H groups in total. The monoisotopic (exact) mass is 371 g/mol. The Morgan fingerprint density at radius 1 is 0.842 bits per heavy atom. The van der Waals surface area contributed by atoms with E-state index in [-0.39, 0.29) is 5.75 Å². The molecule has 0 aliphatic rings. The predicted octanol–water partition coefficient (Wildman–Crippen LogP) is -2.14. The molecule has 0 saturated heterocycles. The van der Waals surface area contributed by atoms with Gasteiger partial charge in [0, 0.05) is 23.7 Å². The van der Waals surface area contributed by atoms with E-state index in [4.69, 9.17) is 3.50 Å². The summed E-state index contributed by atoms with van der Waals surface area (Å²) in [6, 6.07) is 0. The van der Waals surface area contributed by atoms with Crippen molar-refractivity contribution in [2.45, 2.75) is 0 Å². The standard InChI is InChI=1S/C8H13N3O5S.O.Tc/c12-5(2-10-7(14)4-17)9-1-6(13)11-3-8(15)16;;/h1-4H2,(H5,9,10,11,12,13,14,15,16,17);;/q;;+4/p-5. The molecular weight excluding hydrogens is 364 g/mol. The number of carbonyl (C=O) groups excluding carboxylic acids is 4. The van der Waals surface area contributed by atoms with Crippen molar-refractivity contribution in [2.75, 3.05) is 25.4 Å². The fraction of sp³-hybridized carbons (Fsp3) is 0.500. The average Bonchev–Trinajstić information content (AvgIpc) is 2.42. The van der Waals surface area contributed by atoms with Crippen LogP contribution in [0.4, 0.5) is 0 Å². The van der Waals surface area contributed by atoms with E-state index >= 15 is 0 Å². The second-order valence-corrected chi connectivity index (χ2v) is 2.93. The number of rotatable bonds is 7. The molecule has 105 valence electrons. The second kappa shape index (κ2) is 13.1. The molecular formula is C8H8N3O6STc-. The van der Waals surface area contributed by atoms with Gasteiger partial charge in [-0.1, -0.05) is 19.6 Å². The van der Waals surface area contributed by atoms with Crippen molar-refractivity contribution in [2.24, 2.45) is 0 Å². The summed E-state index contributed by atoms with van der Waals surface area (Å²) in [5, 5.41) is 19.5. The number of carboxylic acid groups (broad SMARTS) is 1. The molecule has 0 aromatic heterocycles. The molecule has 11 heteroatoms. The van der Waals surface area contributed by atoms with Crippen molar-refractivity contribution in [3.63, 3.8) is 0 Å². The van der Waals surface area contributed by atoms with Gasteiger partial charge in [-0.3, -0.25) is 0 Å². The SMILES string of the molecule is O=C([O-])C[N-]C(=O)C[N-]C(=O)C[N-]C(=O)C[S-].[O]=[Tc+4]. The first-order valence-corrected chi connectivity index (χ1v) is 5.83. The number of amides is 3. The second-order valence-electron chi connectivity index (χ2n) is 2.65. The Hall–Kier alpha value is -1.32. The number of hydrogen-bond acceptors (Lipinski definition) is 7. The van der Waals surface area contributed by atoms with Gasteiger partial charge in [0.2, 0.25) is 0 Å². The Kier molecular flexibility index (Phi) is 13.8. The summed E-state index contributed by atoms with van der Waals surface area (Å²) in [7, 11) is 0. The first kappa shape index (κ1) is 20.0. The van der Waals surface area contributed by atoms with Gasteiger partial charge in [-0.05, 0) is 0 Å². The zero-order valence-electron chi connectivity index (χ0n) is 9.41. The predicted molar refractivity (Wildman–Crippen MR) is 57.6 cm³/mol. The van der Waals surface area contributed by atoms with Gasteiger partial charge in [0.05, 0.1) is 0 Å². The third kappa shape index (κ3) is 14.6. The average molecular weight is 372 g/mol. The van der Waals surface area contributed by atoms with Crippen LogP contribution in [0.5, 0.6) is 0 Å². The Bertz CT molecular complexity index is 340. The Balaban J connectivity index is 0. The van der Waals surface area contributed by atoms with Crippen LogP contribution >= 0.6 is 0 Å². The van der Waals surface area contributed by atoms with Crippen molar-refractivity contribution >= 4 is 36.3 Å². The van der Waals surface area contributed by atoms with Crippen molar-refractivity contribution in [3.8, 4) is 0 Å². The van der Waals surface area contributed by atoms with Crippen LogP contribution in [0.3, 0.4) is 0 Å². The molecule has 0 heterocycles. The van der Waals surface area contributed by atoms with Gasteiger partial charge >= 0.3 is 22.4 Å². The van der Waals surface area contributed by atoms with Gasteiger partial charge in [-0.15, -0.1) is 5.75 Å². The minimum absolute atomic E-state index is 0.229. The number of aliphatic carboxylic acids is 1. The molecule has 9 nitrogen and oxygen atoms in total. The first-order chi connectivity index (χ1) is 8.95. The van der Waals surface area contributed by atoms with Crippen LogP contribution in [0.15, 0.2) is 0 Å². The third-order valence-corrected chi connectivity index (χ3v) is 1.54. The summed E-state index contributed by atoms with van der Waals surface area (Å²) in [6.07, 6.45) is 0. The van der Waals surface area contributed by atoms with E-state index in [2.05, 4.69) is 28.6 Å². The molecule has 0 saturated carbocycles. The van der Waals surface area contributed by atoms with E-state index in [1.165, 1.54) is 0 Å². The zero-order valence-corrected chi connectivity index (χ0v) is 12.1. The summed E-state index contributed by atoms with van der Waals surface area (Å²) in [5.74, 6) is -3.99. The maximum atomic E-state index is 10.9. The van der Waals surface area contributed by atoms with Gasteiger partial charge in [-0.2, -0.15) is 0 Å². The summed E-state index contributed by atoms with van der Waals surface area (Å²) in [4.78, 5) is 42.3. The van der Waals surface area contributed by atoms with E-state index in [0.717, 1.165) is 18.9 Å². The number of carbonyl (C=O) groups is 4. The maximum absolute atomic E-state index is 10.9. The van der Waals surface area contributed by atoms with Crippen molar-refractivity contribution in [1.82, 2.24) is 0 Å². The summed E-state index contributed by atoms with van der Waals surface area (Å²) >= 11 is 5.28. The fourth-order valence-corrected chi connectivity index (χ4v) is 0.701. The third-order valence-electron chi connectivity index (χ3n) is 1.29. The summed E-state index contributed by atoms with van der Waals surface area (Å²) < 4.78 is 8.22. The molecule has 0 fully saturated rings. The molecule has 0 aromatic carbocycles. The molecule has 0 aromatic rings. The topological polar surface area (TPSA) is 151 Å². The van der Waals surface area contributed by atoms with Crippen LogP contribution in [0.25, 0.3) is 16.0 Å². The van der Waals surface area contributed by atoms with E-state index in [9.17, 15) is 24.3 Å². The zero-order chi connectivity index (χ0) is 15.3. The van der Waals surface area contributed by atoms with Gasteiger partial charge in [0.1, 0.15) is 0 Å². The molecule has 19 heavy (non-hydrogen) atoms. The van der Waals surface area contributed by atoms with Gasteiger partial charge in [-0.25, -0.2) is 0 Å². The van der Waals surface area contributed by atoms with Crippen LogP contribution in [0.1, 0.15) is 0 Å². The molecule has 3 amide bonds. The van der Waals surface area contributed by atoms with Gasteiger partial charge in [0.15, 0.2) is 0 Å². The Morgan fingerprint density at radius 2 is 1.21 bits per heavy atom. The van der Waals surface area contributed by atoms with Crippen LogP contribution in [0, 0.1) is 0 Å². The van der Waals surface area contributed by atoms with E-state index in [1.807, 2.05) is 0 Å². The fourth-order valence-electron chi connectivity index (χ4n) is 0.610. The van der Waals surface area contributed by atoms with Gasteiger partial charge in [0.25, 0.3) is 0 Å². The van der Waals surface area contributed by atoms with Crippen LogP contribution < -0.4 is 5.11 Å². The molecule has 0 bridgehead atoms. The molecule has 0 rings (SSSR count). The summed E-state index contributed by atoms with van der Waals surface area (Å²) in [6.45, 7) is -1.84. The number of hydrogen-bond donors (Lipinski definition) is 0. The Morgan fingerprint density at radius 3 is 1.58 bits per heavy atom. The number of nitrogens with zero attached hydrogens (tertiary/aromatic N) is 3. The van der Waals surface area contributed by atoms with Crippen molar-refractivity contribution in [3.05, 3.63) is 16.0 Å². The van der Waals surface area contributed by atoms with E-state index in [0.29, 0.717) is 0 Å². The molecule has 0 aliphatic carbocycles. The van der Waals surface area contributed by atoms with Crippen molar-refractivity contribution < 1.29 is 46.6 Å². The summed E-state index contributed by atoms with van der Waals surface area (Å²) in [5.41, 5.74) is 0. The Labute approximate surface area is 124 Å². The van der Waals surface area contributed by atoms with E-state index < -0.39 is 43.3 Å². The molecule has 0 spiro atoms. The number of carboxylic acids is 1. The molecule has 0 aliphatic heterocycles. The van der Waals surface area contributed by atoms with E-state index in [1.54, 1.807) is 0 Å². The van der Waals surface area contributed by atoms with Crippen molar-refractivity contribution in [1.29, 1.82) is 0 Å². The van der Waals surface area contributed by atoms with Crippen LogP contribution in [-0.2, 0) is 54.2 Å². The molecule has 0 atom stereocenters. The molecule has 0 unspecified atom stereocenters. The first-order valence-electron chi connectivity index (χ1n) is 4.50. The van der Waals surface area contributed by atoms with Crippen LogP contribution in [-0.4, -0.2) is 49.1 Å². The minimum atomic E-state index is -1.50. The van der Waals surface area contributed by atoms with Gasteiger partial charge < -0.3 is 52.9 Å².